The van der Waals surface area contributed by atoms with E-state index in [1.807, 2.05) is 32.0 Å². The molecule has 0 radical (unpaired) electrons. The summed E-state index contributed by atoms with van der Waals surface area (Å²) < 4.78 is 42.5. The lowest BCUT2D eigenvalue weighted by molar-refractivity contribution is -0.137. The third kappa shape index (κ3) is 4.31. The van der Waals surface area contributed by atoms with Gasteiger partial charge in [0, 0.05) is 11.3 Å². The van der Waals surface area contributed by atoms with Crippen LogP contribution in [0.4, 0.5) is 18.9 Å². The van der Waals surface area contributed by atoms with Crippen LogP contribution in [0.15, 0.2) is 53.5 Å². The Morgan fingerprint density at radius 1 is 1.11 bits per heavy atom. The molecule has 0 saturated heterocycles. The van der Waals surface area contributed by atoms with Crippen molar-refractivity contribution in [1.82, 2.24) is 19.6 Å². The Hall–Kier alpha value is -3.95. The van der Waals surface area contributed by atoms with Crippen molar-refractivity contribution in [3.05, 3.63) is 81.4 Å². The molecule has 2 heterocycles. The molecule has 4 aromatic rings. The van der Waals surface area contributed by atoms with Gasteiger partial charge >= 0.3 is 6.18 Å². The molecule has 0 aliphatic heterocycles. The Morgan fingerprint density at radius 3 is 2.54 bits per heavy atom. The van der Waals surface area contributed by atoms with Gasteiger partial charge in [0.2, 0.25) is 5.91 Å². The predicted octanol–water partition coefficient (Wildman–Crippen LogP) is 4.73. The second kappa shape index (κ2) is 8.37. The van der Waals surface area contributed by atoms with Gasteiger partial charge in [-0.05, 0) is 62.1 Å². The zero-order valence-electron chi connectivity index (χ0n) is 19.1. The number of benzene rings is 2. The Labute approximate surface area is 198 Å². The third-order valence-electron chi connectivity index (χ3n) is 6.21. The molecule has 1 saturated carbocycles. The lowest BCUT2D eigenvalue weighted by Gasteiger charge is -2.14. The fourth-order valence-corrected chi connectivity index (χ4v) is 4.08. The molecule has 1 aliphatic rings. The van der Waals surface area contributed by atoms with E-state index in [2.05, 4.69) is 15.5 Å². The molecule has 180 valence electrons. The number of amides is 1. The van der Waals surface area contributed by atoms with Gasteiger partial charge in [-0.3, -0.25) is 9.59 Å². The van der Waals surface area contributed by atoms with Crippen LogP contribution >= 0.6 is 0 Å². The molecule has 1 fully saturated rings. The maximum absolute atomic E-state index is 13.4. The fourth-order valence-electron chi connectivity index (χ4n) is 4.08. The molecule has 0 unspecified atom stereocenters. The summed E-state index contributed by atoms with van der Waals surface area (Å²) in [6.45, 7) is 3.42. The number of nitrogens with one attached hydrogen (secondary N) is 1. The molecule has 0 spiro atoms. The molecule has 7 nitrogen and oxygen atoms in total. The average Bonchev–Trinajstić information content (AvgIpc) is 3.55. The number of carbonyl (C=O) groups excluding carboxylic acids is 1. The number of aryl methyl sites for hydroxylation is 2. The maximum Gasteiger partial charge on any atom is 0.418 e. The number of aromatic nitrogens is 4. The highest BCUT2D eigenvalue weighted by molar-refractivity contribution is 5.91. The first-order valence-corrected chi connectivity index (χ1v) is 11.2. The summed E-state index contributed by atoms with van der Waals surface area (Å²) in [7, 11) is 0. The summed E-state index contributed by atoms with van der Waals surface area (Å²) in [6, 6.07) is 10.4. The number of hydrogen-bond acceptors (Lipinski definition) is 4. The SMILES string of the molecule is Cc1ccc(-n2ncc3c(C4CC4)nn(CC(=O)Nc4ccccc4C(F)(F)F)c(=O)c32)cc1C. The van der Waals surface area contributed by atoms with Gasteiger partial charge in [0.25, 0.3) is 5.56 Å². The Bertz CT molecular complexity index is 1520. The van der Waals surface area contributed by atoms with Gasteiger partial charge in [-0.2, -0.15) is 23.4 Å². The molecular formula is C25H22F3N5O2. The highest BCUT2D eigenvalue weighted by atomic mass is 19.4. The minimum Gasteiger partial charge on any atom is -0.324 e. The van der Waals surface area contributed by atoms with Crippen LogP contribution in [0.3, 0.4) is 0 Å². The number of para-hydroxylation sites is 1. The normalized spacial score (nSPS) is 13.9. The van der Waals surface area contributed by atoms with Crippen molar-refractivity contribution in [2.24, 2.45) is 0 Å². The second-order valence-electron chi connectivity index (χ2n) is 8.80. The van der Waals surface area contributed by atoms with Crippen molar-refractivity contribution in [3.8, 4) is 5.69 Å². The quantitative estimate of drug-likeness (QED) is 0.447. The van der Waals surface area contributed by atoms with Crippen molar-refractivity contribution in [1.29, 1.82) is 0 Å². The van der Waals surface area contributed by atoms with E-state index in [9.17, 15) is 22.8 Å². The lowest BCUT2D eigenvalue weighted by Crippen LogP contribution is -2.31. The van der Waals surface area contributed by atoms with Crippen LogP contribution in [0.2, 0.25) is 0 Å². The van der Waals surface area contributed by atoms with Crippen molar-refractivity contribution in [2.75, 3.05) is 5.32 Å². The van der Waals surface area contributed by atoms with Crippen LogP contribution in [0.5, 0.6) is 0 Å². The number of halogens is 3. The van der Waals surface area contributed by atoms with E-state index in [-0.39, 0.29) is 17.1 Å². The minimum absolute atomic E-state index is 0.149. The van der Waals surface area contributed by atoms with E-state index in [1.165, 1.54) is 22.9 Å². The molecule has 5 rings (SSSR count). The molecule has 2 aromatic heterocycles. The molecule has 35 heavy (non-hydrogen) atoms. The number of anilines is 1. The minimum atomic E-state index is -4.63. The topological polar surface area (TPSA) is 81.8 Å². The van der Waals surface area contributed by atoms with Crippen LogP contribution in [-0.2, 0) is 17.5 Å². The Kier molecular flexibility index (Phi) is 5.46. The average molecular weight is 481 g/mol. The molecular weight excluding hydrogens is 459 g/mol. The van der Waals surface area contributed by atoms with Gasteiger partial charge in [-0.1, -0.05) is 18.2 Å². The molecule has 10 heteroatoms. The first kappa shape index (κ1) is 22.8. The van der Waals surface area contributed by atoms with Crippen molar-refractivity contribution >= 4 is 22.5 Å². The van der Waals surface area contributed by atoms with Gasteiger partial charge in [0.1, 0.15) is 12.1 Å². The van der Waals surface area contributed by atoms with E-state index < -0.39 is 29.8 Å². The smallest absolute Gasteiger partial charge is 0.324 e. The van der Waals surface area contributed by atoms with Crippen LogP contribution in [0.25, 0.3) is 16.6 Å². The van der Waals surface area contributed by atoms with Gasteiger partial charge in [-0.25, -0.2) is 9.36 Å². The predicted molar refractivity (Wildman–Crippen MR) is 125 cm³/mol. The van der Waals surface area contributed by atoms with Crippen LogP contribution in [0, 0.1) is 13.8 Å². The monoisotopic (exact) mass is 481 g/mol. The number of alkyl halides is 3. The summed E-state index contributed by atoms with van der Waals surface area (Å²) in [5.74, 6) is -0.634. The summed E-state index contributed by atoms with van der Waals surface area (Å²) in [5, 5.41) is 11.8. The van der Waals surface area contributed by atoms with Gasteiger partial charge in [0.15, 0.2) is 0 Å². The molecule has 0 bridgehead atoms. The number of rotatable bonds is 5. The van der Waals surface area contributed by atoms with E-state index in [0.29, 0.717) is 16.8 Å². The first-order chi connectivity index (χ1) is 16.6. The molecule has 1 aliphatic carbocycles. The van der Waals surface area contributed by atoms with Crippen LogP contribution in [-0.4, -0.2) is 25.5 Å². The van der Waals surface area contributed by atoms with Crippen LogP contribution < -0.4 is 10.9 Å². The maximum atomic E-state index is 13.4. The molecule has 2 aromatic carbocycles. The second-order valence-corrected chi connectivity index (χ2v) is 8.80. The number of nitrogens with zero attached hydrogens (tertiary/aromatic N) is 4. The Morgan fingerprint density at radius 2 is 1.86 bits per heavy atom. The standard InChI is InChI=1S/C25H22F3N5O2/c1-14-7-10-17(11-15(14)2)33-23-18(12-29-33)22(16-8-9-16)31-32(24(23)35)13-21(34)30-20-6-4-3-5-19(20)25(26,27)28/h3-7,10-12,16H,8-9,13H2,1-2H3,(H,30,34). The van der Waals surface area contributed by atoms with Gasteiger partial charge < -0.3 is 5.32 Å². The number of fused-ring (bicyclic) bond motifs is 1. The van der Waals surface area contributed by atoms with Gasteiger partial charge in [-0.15, -0.1) is 0 Å². The molecule has 0 atom stereocenters. The number of carbonyl (C=O) groups is 1. The molecule has 1 N–H and O–H groups in total. The highest BCUT2D eigenvalue weighted by Gasteiger charge is 2.34. The fraction of sp³-hybridized carbons (Fsp3) is 0.280. The van der Waals surface area contributed by atoms with Crippen molar-refractivity contribution in [2.45, 2.75) is 45.3 Å². The highest BCUT2D eigenvalue weighted by Crippen LogP contribution is 2.41. The zero-order chi connectivity index (χ0) is 24.9. The van der Waals surface area contributed by atoms with E-state index in [4.69, 9.17) is 0 Å². The zero-order valence-corrected chi connectivity index (χ0v) is 19.1. The van der Waals surface area contributed by atoms with E-state index in [0.717, 1.165) is 34.7 Å². The first-order valence-electron chi connectivity index (χ1n) is 11.2. The Balaban J connectivity index is 1.55. The summed E-state index contributed by atoms with van der Waals surface area (Å²) >= 11 is 0. The number of hydrogen-bond donors (Lipinski definition) is 1. The van der Waals surface area contributed by atoms with Crippen molar-refractivity contribution in [3.63, 3.8) is 0 Å². The summed E-state index contributed by atoms with van der Waals surface area (Å²) in [5.41, 5.74) is 1.90. The van der Waals surface area contributed by atoms with E-state index in [1.54, 1.807) is 6.20 Å². The lowest BCUT2D eigenvalue weighted by atomic mass is 10.1. The van der Waals surface area contributed by atoms with Crippen molar-refractivity contribution < 1.29 is 18.0 Å². The summed E-state index contributed by atoms with van der Waals surface area (Å²) in [6.07, 6.45) is -1.22. The van der Waals surface area contributed by atoms with E-state index >= 15 is 0 Å². The molecule has 1 amide bonds. The van der Waals surface area contributed by atoms with Gasteiger partial charge in [0.05, 0.1) is 28.8 Å². The largest absolute Gasteiger partial charge is 0.418 e. The van der Waals surface area contributed by atoms with Crippen LogP contribution in [0.1, 0.15) is 41.1 Å². The third-order valence-corrected chi connectivity index (χ3v) is 6.21. The summed E-state index contributed by atoms with van der Waals surface area (Å²) in [4.78, 5) is 26.1.